The van der Waals surface area contributed by atoms with Crippen LogP contribution in [-0.4, -0.2) is 25.9 Å². The summed E-state index contributed by atoms with van der Waals surface area (Å²) in [5.41, 5.74) is 1.25. The van der Waals surface area contributed by atoms with Crippen LogP contribution in [0.3, 0.4) is 0 Å². The summed E-state index contributed by atoms with van der Waals surface area (Å²) < 4.78 is 11.9. The average molecular weight is 300 g/mol. The second-order valence-electron chi connectivity index (χ2n) is 4.67. The fraction of sp³-hybridized carbons (Fsp3) is 0.538. The summed E-state index contributed by atoms with van der Waals surface area (Å²) in [7, 11) is 1.70. The monoisotopic (exact) mass is 299 g/mol. The van der Waals surface area contributed by atoms with Gasteiger partial charge in [-0.15, -0.1) is 0 Å². The van der Waals surface area contributed by atoms with E-state index in [1.54, 1.807) is 7.11 Å². The van der Waals surface area contributed by atoms with Crippen molar-refractivity contribution in [1.82, 2.24) is 5.32 Å². The van der Waals surface area contributed by atoms with E-state index in [2.05, 4.69) is 34.2 Å². The van der Waals surface area contributed by atoms with Gasteiger partial charge >= 0.3 is 0 Å². The molecule has 0 spiro atoms. The zero-order valence-electron chi connectivity index (χ0n) is 10.3. The lowest BCUT2D eigenvalue weighted by atomic mass is 10.0. The normalized spacial score (nSPS) is 23.9. The molecule has 1 N–H and O–H groups in total. The quantitative estimate of drug-likeness (QED) is 0.927. The van der Waals surface area contributed by atoms with Crippen molar-refractivity contribution in [3.8, 4) is 5.75 Å². The third-order valence-electron chi connectivity index (χ3n) is 3.17. The molecule has 1 aliphatic heterocycles. The summed E-state index contributed by atoms with van der Waals surface area (Å²) in [6, 6.07) is 6.06. The maximum absolute atomic E-state index is 5.43. The first-order valence-corrected chi connectivity index (χ1v) is 6.57. The third kappa shape index (κ3) is 3.21. The number of hydrogen-bond donors (Lipinski definition) is 1. The van der Waals surface area contributed by atoms with E-state index in [1.807, 2.05) is 12.1 Å². The molecular formula is C13H18BrNO2. The number of halogens is 1. The molecule has 0 aromatic heterocycles. The minimum atomic E-state index is 0.0906. The Hall–Kier alpha value is -0.580. The van der Waals surface area contributed by atoms with E-state index in [9.17, 15) is 0 Å². The Morgan fingerprint density at radius 2 is 2.35 bits per heavy atom. The molecular weight excluding hydrogens is 282 g/mol. The van der Waals surface area contributed by atoms with E-state index in [4.69, 9.17) is 9.47 Å². The number of ether oxygens (including phenoxy) is 2. The molecule has 1 saturated heterocycles. The lowest BCUT2D eigenvalue weighted by Gasteiger charge is -2.24. The van der Waals surface area contributed by atoms with Crippen LogP contribution in [0.15, 0.2) is 22.7 Å². The smallest absolute Gasteiger partial charge is 0.123 e. The molecule has 1 unspecified atom stereocenters. The highest BCUT2D eigenvalue weighted by Crippen LogP contribution is 2.24. The highest BCUT2D eigenvalue weighted by atomic mass is 79.9. The van der Waals surface area contributed by atoms with Crippen LogP contribution in [0.1, 0.15) is 18.9 Å². The van der Waals surface area contributed by atoms with Gasteiger partial charge in [-0.3, -0.25) is 0 Å². The van der Waals surface area contributed by atoms with Gasteiger partial charge in [-0.25, -0.2) is 0 Å². The number of rotatable bonds is 4. The second kappa shape index (κ2) is 5.38. The molecule has 1 fully saturated rings. The number of benzene rings is 1. The van der Waals surface area contributed by atoms with Crippen molar-refractivity contribution >= 4 is 15.9 Å². The van der Waals surface area contributed by atoms with Gasteiger partial charge in [0.25, 0.3) is 0 Å². The molecule has 1 heterocycles. The maximum atomic E-state index is 5.43. The lowest BCUT2D eigenvalue weighted by molar-refractivity contribution is 0.171. The van der Waals surface area contributed by atoms with Crippen LogP contribution in [0.2, 0.25) is 0 Å². The van der Waals surface area contributed by atoms with Crippen molar-refractivity contribution in [2.75, 3.05) is 20.3 Å². The minimum absolute atomic E-state index is 0.0906. The van der Waals surface area contributed by atoms with Crippen molar-refractivity contribution in [3.05, 3.63) is 28.2 Å². The van der Waals surface area contributed by atoms with E-state index in [1.165, 1.54) is 0 Å². The number of hydrogen-bond acceptors (Lipinski definition) is 3. The van der Waals surface area contributed by atoms with Crippen LogP contribution in [0.4, 0.5) is 0 Å². The first-order chi connectivity index (χ1) is 8.13. The Balaban J connectivity index is 2.05. The van der Waals surface area contributed by atoms with Gasteiger partial charge in [0, 0.05) is 28.7 Å². The molecule has 2 rings (SSSR count). The summed E-state index contributed by atoms with van der Waals surface area (Å²) in [6.45, 7) is 4.62. The van der Waals surface area contributed by atoms with Gasteiger partial charge in [-0.1, -0.05) is 15.9 Å². The maximum Gasteiger partial charge on any atom is 0.123 e. The Bertz CT molecular complexity index is 389. The fourth-order valence-corrected chi connectivity index (χ4v) is 2.41. The van der Waals surface area contributed by atoms with Crippen LogP contribution in [-0.2, 0) is 11.3 Å². The second-order valence-corrected chi connectivity index (χ2v) is 5.59. The number of nitrogens with one attached hydrogen (secondary N) is 1. The van der Waals surface area contributed by atoms with E-state index < -0.39 is 0 Å². The van der Waals surface area contributed by atoms with Gasteiger partial charge in [0.15, 0.2) is 0 Å². The van der Waals surface area contributed by atoms with E-state index in [0.717, 1.165) is 42.0 Å². The summed E-state index contributed by atoms with van der Waals surface area (Å²) >= 11 is 3.48. The molecule has 17 heavy (non-hydrogen) atoms. The Labute approximate surface area is 111 Å². The molecule has 0 aliphatic carbocycles. The predicted octanol–water partition coefficient (Wildman–Crippen LogP) is 2.73. The molecule has 1 aromatic carbocycles. The van der Waals surface area contributed by atoms with E-state index in [0.29, 0.717) is 0 Å². The van der Waals surface area contributed by atoms with Crippen LogP contribution >= 0.6 is 15.9 Å². The van der Waals surface area contributed by atoms with Crippen molar-refractivity contribution in [2.24, 2.45) is 0 Å². The highest BCUT2D eigenvalue weighted by molar-refractivity contribution is 9.10. The first-order valence-electron chi connectivity index (χ1n) is 5.78. The van der Waals surface area contributed by atoms with Crippen molar-refractivity contribution < 1.29 is 9.47 Å². The summed E-state index contributed by atoms with van der Waals surface area (Å²) in [5, 5.41) is 3.55. The van der Waals surface area contributed by atoms with Crippen molar-refractivity contribution in [3.63, 3.8) is 0 Å². The Morgan fingerprint density at radius 3 is 3.00 bits per heavy atom. The molecule has 3 nitrogen and oxygen atoms in total. The first kappa shape index (κ1) is 12.9. The lowest BCUT2D eigenvalue weighted by Crippen LogP contribution is -2.42. The summed E-state index contributed by atoms with van der Waals surface area (Å²) in [5.74, 6) is 0.920. The van der Waals surface area contributed by atoms with Gasteiger partial charge in [0.1, 0.15) is 5.75 Å². The van der Waals surface area contributed by atoms with Gasteiger partial charge in [-0.2, -0.15) is 0 Å². The molecule has 0 bridgehead atoms. The minimum Gasteiger partial charge on any atom is -0.496 e. The third-order valence-corrected chi connectivity index (χ3v) is 3.66. The largest absolute Gasteiger partial charge is 0.496 e. The zero-order valence-corrected chi connectivity index (χ0v) is 11.8. The SMILES string of the molecule is COc1ccc(Br)cc1CNC1(C)CCOC1. The predicted molar refractivity (Wildman–Crippen MR) is 71.4 cm³/mol. The summed E-state index contributed by atoms with van der Waals surface area (Å²) in [4.78, 5) is 0. The van der Waals surface area contributed by atoms with E-state index >= 15 is 0 Å². The van der Waals surface area contributed by atoms with Gasteiger partial charge < -0.3 is 14.8 Å². The Kier molecular flexibility index (Phi) is 4.07. The van der Waals surface area contributed by atoms with Crippen LogP contribution < -0.4 is 10.1 Å². The topological polar surface area (TPSA) is 30.5 Å². The highest BCUT2D eigenvalue weighted by Gasteiger charge is 2.28. The molecule has 0 radical (unpaired) electrons. The van der Waals surface area contributed by atoms with Crippen molar-refractivity contribution in [1.29, 1.82) is 0 Å². The molecule has 1 aromatic rings. The van der Waals surface area contributed by atoms with E-state index in [-0.39, 0.29) is 5.54 Å². The van der Waals surface area contributed by atoms with Crippen LogP contribution in [0.5, 0.6) is 5.75 Å². The van der Waals surface area contributed by atoms with Crippen molar-refractivity contribution in [2.45, 2.75) is 25.4 Å². The molecule has 0 saturated carbocycles. The Morgan fingerprint density at radius 1 is 1.53 bits per heavy atom. The molecule has 1 aliphatic rings. The van der Waals surface area contributed by atoms with Gasteiger partial charge in [-0.05, 0) is 31.5 Å². The molecule has 94 valence electrons. The molecule has 0 amide bonds. The van der Waals surface area contributed by atoms with Crippen LogP contribution in [0, 0.1) is 0 Å². The average Bonchev–Trinajstić information content (AvgIpc) is 2.74. The molecule has 4 heteroatoms. The molecule has 1 atom stereocenters. The zero-order chi connectivity index (χ0) is 12.3. The fourth-order valence-electron chi connectivity index (χ4n) is 2.00. The number of methoxy groups -OCH3 is 1. The van der Waals surface area contributed by atoms with Gasteiger partial charge in [0.05, 0.1) is 13.7 Å². The van der Waals surface area contributed by atoms with Crippen LogP contribution in [0.25, 0.3) is 0 Å². The standard InChI is InChI=1S/C13H18BrNO2/c1-13(5-6-17-9-13)15-8-10-7-11(14)3-4-12(10)16-2/h3-4,7,15H,5-6,8-9H2,1-2H3. The summed E-state index contributed by atoms with van der Waals surface area (Å²) in [6.07, 6.45) is 1.06. The van der Waals surface area contributed by atoms with Gasteiger partial charge in [0.2, 0.25) is 0 Å².